The van der Waals surface area contributed by atoms with Crippen LogP contribution in [-0.4, -0.2) is 51.5 Å². The molecular formula is C32H38N4O3. The second-order valence-corrected chi connectivity index (χ2v) is 11.0. The SMILES string of the molecule is O=C(O)CN(Cc1ccccc1)C(=O)c1cnc(N2CCC(Cc3ccccc3)CC2)nc1C1CCCCC1. The topological polar surface area (TPSA) is 86.6 Å². The van der Waals surface area contributed by atoms with Gasteiger partial charge in [0.2, 0.25) is 5.95 Å². The average molecular weight is 527 g/mol. The van der Waals surface area contributed by atoms with E-state index >= 15 is 0 Å². The molecule has 2 aliphatic rings. The Kier molecular flexibility index (Phi) is 8.86. The molecule has 2 heterocycles. The molecule has 1 aromatic heterocycles. The fourth-order valence-electron chi connectivity index (χ4n) is 6.01. The van der Waals surface area contributed by atoms with Crippen LogP contribution >= 0.6 is 0 Å². The molecule has 1 aliphatic heterocycles. The largest absolute Gasteiger partial charge is 0.480 e. The van der Waals surface area contributed by atoms with Crippen LogP contribution in [-0.2, 0) is 17.8 Å². The maximum absolute atomic E-state index is 13.8. The molecular weight excluding hydrogens is 488 g/mol. The molecule has 1 saturated heterocycles. The Balaban J connectivity index is 1.36. The maximum Gasteiger partial charge on any atom is 0.323 e. The molecule has 7 heteroatoms. The molecule has 7 nitrogen and oxygen atoms in total. The Hall–Kier alpha value is -3.74. The lowest BCUT2D eigenvalue weighted by atomic mass is 9.85. The highest BCUT2D eigenvalue weighted by molar-refractivity contribution is 5.96. The third kappa shape index (κ3) is 7.02. The van der Waals surface area contributed by atoms with Crippen molar-refractivity contribution in [1.82, 2.24) is 14.9 Å². The van der Waals surface area contributed by atoms with Crippen molar-refractivity contribution in [1.29, 1.82) is 0 Å². The zero-order valence-electron chi connectivity index (χ0n) is 22.5. The van der Waals surface area contributed by atoms with E-state index in [0.29, 0.717) is 17.4 Å². The van der Waals surface area contributed by atoms with Gasteiger partial charge in [0.25, 0.3) is 5.91 Å². The number of nitrogens with zero attached hydrogens (tertiary/aromatic N) is 4. The van der Waals surface area contributed by atoms with Gasteiger partial charge in [-0.05, 0) is 49.1 Å². The van der Waals surface area contributed by atoms with E-state index in [9.17, 15) is 14.7 Å². The van der Waals surface area contributed by atoms with Crippen LogP contribution in [0.15, 0.2) is 66.9 Å². The molecule has 0 atom stereocenters. The number of amides is 1. The van der Waals surface area contributed by atoms with Gasteiger partial charge in [0, 0.05) is 31.7 Å². The lowest BCUT2D eigenvalue weighted by molar-refractivity contribution is -0.137. The summed E-state index contributed by atoms with van der Waals surface area (Å²) in [5, 5.41) is 9.57. The lowest BCUT2D eigenvalue weighted by Crippen LogP contribution is -2.38. The van der Waals surface area contributed by atoms with Crippen LogP contribution in [0.5, 0.6) is 0 Å². The van der Waals surface area contributed by atoms with Crippen molar-refractivity contribution in [2.75, 3.05) is 24.5 Å². The van der Waals surface area contributed by atoms with E-state index in [-0.39, 0.29) is 24.9 Å². The number of hydrogen-bond acceptors (Lipinski definition) is 5. The zero-order valence-corrected chi connectivity index (χ0v) is 22.5. The predicted octanol–water partition coefficient (Wildman–Crippen LogP) is 5.71. The van der Waals surface area contributed by atoms with Crippen LogP contribution in [0, 0.1) is 5.92 Å². The normalized spacial score (nSPS) is 16.7. The first-order valence-electron chi connectivity index (χ1n) is 14.3. The summed E-state index contributed by atoms with van der Waals surface area (Å²) in [7, 11) is 0. The van der Waals surface area contributed by atoms with Crippen LogP contribution in [0.25, 0.3) is 0 Å². The Morgan fingerprint density at radius 3 is 2.15 bits per heavy atom. The van der Waals surface area contributed by atoms with Crippen molar-refractivity contribution in [3.05, 3.63) is 89.2 Å². The van der Waals surface area contributed by atoms with Crippen LogP contribution in [0.2, 0.25) is 0 Å². The summed E-state index contributed by atoms with van der Waals surface area (Å²) in [6, 6.07) is 20.2. The van der Waals surface area contributed by atoms with Crippen molar-refractivity contribution in [2.45, 2.75) is 63.8 Å². The standard InChI is InChI=1S/C32H38N4O3/c37-29(38)23-36(22-26-12-6-2-7-13-26)31(39)28-21-33-32(34-30(28)27-14-8-3-9-15-27)35-18-16-25(17-19-35)20-24-10-4-1-5-11-24/h1-2,4-7,10-13,21,25,27H,3,8-9,14-20,22-23H2,(H,37,38). The van der Waals surface area contributed by atoms with Gasteiger partial charge in [-0.2, -0.15) is 0 Å². The number of carboxylic acid groups (broad SMARTS) is 1. The van der Waals surface area contributed by atoms with Crippen LogP contribution in [0.4, 0.5) is 5.95 Å². The summed E-state index contributed by atoms with van der Waals surface area (Å²) in [6.07, 6.45) is 10.3. The highest BCUT2D eigenvalue weighted by atomic mass is 16.4. The summed E-state index contributed by atoms with van der Waals surface area (Å²) >= 11 is 0. The second kappa shape index (κ2) is 12.9. The molecule has 1 N–H and O–H groups in total. The first kappa shape index (κ1) is 26.9. The fourth-order valence-corrected chi connectivity index (χ4v) is 6.01. The Bertz CT molecular complexity index is 1240. The molecule has 0 unspecified atom stereocenters. The van der Waals surface area contributed by atoms with E-state index in [2.05, 4.69) is 40.2 Å². The number of anilines is 1. The number of benzene rings is 2. The monoisotopic (exact) mass is 526 g/mol. The van der Waals surface area contributed by atoms with Gasteiger partial charge in [-0.1, -0.05) is 79.9 Å². The molecule has 1 amide bonds. The molecule has 1 saturated carbocycles. The minimum Gasteiger partial charge on any atom is -0.480 e. The van der Waals surface area contributed by atoms with E-state index in [4.69, 9.17) is 4.98 Å². The first-order valence-corrected chi connectivity index (χ1v) is 14.3. The quantitative estimate of drug-likeness (QED) is 0.384. The number of hydrogen-bond donors (Lipinski definition) is 1. The Morgan fingerprint density at radius 1 is 0.872 bits per heavy atom. The van der Waals surface area contributed by atoms with E-state index in [1.165, 1.54) is 16.9 Å². The molecule has 0 bridgehead atoms. The van der Waals surface area contributed by atoms with Crippen molar-refractivity contribution in [2.24, 2.45) is 5.92 Å². The van der Waals surface area contributed by atoms with E-state index < -0.39 is 5.97 Å². The Labute approximate surface area is 230 Å². The van der Waals surface area contributed by atoms with Crippen molar-refractivity contribution in [3.63, 3.8) is 0 Å². The third-order valence-electron chi connectivity index (χ3n) is 8.12. The summed E-state index contributed by atoms with van der Waals surface area (Å²) in [4.78, 5) is 38.9. The number of carboxylic acids is 1. The molecule has 2 aromatic carbocycles. The number of carbonyl (C=O) groups is 2. The van der Waals surface area contributed by atoms with Gasteiger partial charge in [0.05, 0.1) is 11.3 Å². The van der Waals surface area contributed by atoms with Crippen LogP contribution in [0.1, 0.15) is 78.0 Å². The highest BCUT2D eigenvalue weighted by Gasteiger charge is 2.29. The van der Waals surface area contributed by atoms with Crippen molar-refractivity contribution >= 4 is 17.8 Å². The molecule has 1 aliphatic carbocycles. The maximum atomic E-state index is 13.8. The number of rotatable bonds is 9. The van der Waals surface area contributed by atoms with E-state index in [0.717, 1.165) is 69.3 Å². The van der Waals surface area contributed by atoms with E-state index in [1.54, 1.807) is 6.20 Å². The number of piperidine rings is 1. The van der Waals surface area contributed by atoms with Gasteiger partial charge in [0.1, 0.15) is 6.54 Å². The molecule has 5 rings (SSSR count). The minimum absolute atomic E-state index is 0.193. The van der Waals surface area contributed by atoms with E-state index in [1.807, 2.05) is 30.3 Å². The summed E-state index contributed by atoms with van der Waals surface area (Å²) in [6.45, 7) is 1.66. The first-order chi connectivity index (χ1) is 19.1. The molecule has 39 heavy (non-hydrogen) atoms. The highest BCUT2D eigenvalue weighted by Crippen LogP contribution is 2.35. The molecule has 2 fully saturated rings. The van der Waals surface area contributed by atoms with Gasteiger partial charge in [-0.15, -0.1) is 0 Å². The number of carbonyl (C=O) groups excluding carboxylic acids is 1. The summed E-state index contributed by atoms with van der Waals surface area (Å²) in [5.41, 5.74) is 3.51. The van der Waals surface area contributed by atoms with Gasteiger partial charge in [-0.3, -0.25) is 9.59 Å². The van der Waals surface area contributed by atoms with Gasteiger partial charge in [-0.25, -0.2) is 9.97 Å². The third-order valence-corrected chi connectivity index (χ3v) is 8.12. The number of aliphatic carboxylic acids is 1. The van der Waals surface area contributed by atoms with Crippen LogP contribution < -0.4 is 4.90 Å². The van der Waals surface area contributed by atoms with Gasteiger partial charge in [0.15, 0.2) is 0 Å². The molecule has 204 valence electrons. The van der Waals surface area contributed by atoms with Crippen molar-refractivity contribution in [3.8, 4) is 0 Å². The van der Waals surface area contributed by atoms with Gasteiger partial charge < -0.3 is 14.9 Å². The lowest BCUT2D eigenvalue weighted by Gasteiger charge is -2.33. The molecule has 3 aromatic rings. The zero-order chi connectivity index (χ0) is 27.0. The Morgan fingerprint density at radius 2 is 1.51 bits per heavy atom. The molecule has 0 spiro atoms. The average Bonchev–Trinajstić information content (AvgIpc) is 2.98. The number of aromatic nitrogens is 2. The second-order valence-electron chi connectivity index (χ2n) is 11.0. The summed E-state index contributed by atoms with van der Waals surface area (Å²) in [5.74, 6) is 0.186. The predicted molar refractivity (Wildman–Crippen MR) is 152 cm³/mol. The minimum atomic E-state index is -1.03. The van der Waals surface area contributed by atoms with Gasteiger partial charge >= 0.3 is 5.97 Å². The fraction of sp³-hybridized carbons (Fsp3) is 0.438. The summed E-state index contributed by atoms with van der Waals surface area (Å²) < 4.78 is 0. The smallest absolute Gasteiger partial charge is 0.323 e. The van der Waals surface area contributed by atoms with Crippen LogP contribution in [0.3, 0.4) is 0 Å². The van der Waals surface area contributed by atoms with Crippen molar-refractivity contribution < 1.29 is 14.7 Å². The molecule has 0 radical (unpaired) electrons.